The molecule has 2 aliphatic heterocycles. The van der Waals surface area contributed by atoms with Gasteiger partial charge >= 0.3 is 0 Å². The van der Waals surface area contributed by atoms with Crippen LogP contribution in [0.3, 0.4) is 0 Å². The van der Waals surface area contributed by atoms with Gasteiger partial charge in [-0.25, -0.2) is 0 Å². The number of nitrogens with two attached hydrogens (primary N) is 1. The highest BCUT2D eigenvalue weighted by Crippen LogP contribution is 2.19. The van der Waals surface area contributed by atoms with Gasteiger partial charge in [0.2, 0.25) is 5.91 Å². The first-order valence-corrected chi connectivity index (χ1v) is 8.07. The van der Waals surface area contributed by atoms with E-state index in [4.69, 9.17) is 10.5 Å². The quantitative estimate of drug-likeness (QED) is 0.806. The Hall–Kier alpha value is -0.650. The first-order chi connectivity index (χ1) is 9.76. The average molecular weight is 283 g/mol. The summed E-state index contributed by atoms with van der Waals surface area (Å²) in [5.74, 6) is 0.543. The summed E-state index contributed by atoms with van der Waals surface area (Å²) in [7, 11) is 0. The summed E-state index contributed by atoms with van der Waals surface area (Å²) in [6, 6.07) is 0.584. The Bertz CT molecular complexity index is 297. The molecule has 2 fully saturated rings. The van der Waals surface area contributed by atoms with Gasteiger partial charge < -0.3 is 15.4 Å². The minimum absolute atomic E-state index is 0.196. The highest BCUT2D eigenvalue weighted by Gasteiger charge is 2.30. The molecule has 0 radical (unpaired) electrons. The Balaban J connectivity index is 1.79. The zero-order chi connectivity index (χ0) is 14.4. The molecule has 0 aromatic carbocycles. The van der Waals surface area contributed by atoms with Crippen molar-refractivity contribution in [1.82, 2.24) is 9.80 Å². The minimum atomic E-state index is 0.196. The van der Waals surface area contributed by atoms with E-state index in [2.05, 4.69) is 16.7 Å². The van der Waals surface area contributed by atoms with Crippen molar-refractivity contribution in [1.29, 1.82) is 0 Å². The fraction of sp³-hybridized carbons (Fsp3) is 0.933. The van der Waals surface area contributed by atoms with Crippen LogP contribution in [0.15, 0.2) is 0 Å². The van der Waals surface area contributed by atoms with Gasteiger partial charge in [0, 0.05) is 51.4 Å². The van der Waals surface area contributed by atoms with E-state index in [-0.39, 0.29) is 5.92 Å². The lowest BCUT2D eigenvalue weighted by Gasteiger charge is -2.40. The predicted octanol–water partition coefficient (Wildman–Crippen LogP) is 0.685. The van der Waals surface area contributed by atoms with Crippen LogP contribution >= 0.6 is 0 Å². The molecule has 0 aromatic heterocycles. The van der Waals surface area contributed by atoms with Crippen LogP contribution in [0.5, 0.6) is 0 Å². The third kappa shape index (κ3) is 3.93. The molecular weight excluding hydrogens is 254 g/mol. The van der Waals surface area contributed by atoms with Gasteiger partial charge in [0.05, 0.1) is 0 Å². The Morgan fingerprint density at radius 2 is 1.90 bits per heavy atom. The number of nitrogens with zero attached hydrogens (tertiary/aromatic N) is 2. The highest BCUT2D eigenvalue weighted by atomic mass is 16.5. The van der Waals surface area contributed by atoms with Crippen LogP contribution in [0.2, 0.25) is 0 Å². The number of carbonyl (C=O) groups is 1. The molecule has 1 atom stereocenters. The average Bonchev–Trinajstić information content (AvgIpc) is 2.53. The van der Waals surface area contributed by atoms with Crippen molar-refractivity contribution in [2.75, 3.05) is 45.9 Å². The monoisotopic (exact) mass is 283 g/mol. The highest BCUT2D eigenvalue weighted by molar-refractivity contribution is 5.79. The Labute approximate surface area is 122 Å². The van der Waals surface area contributed by atoms with Crippen LogP contribution < -0.4 is 5.73 Å². The second-order valence-electron chi connectivity index (χ2n) is 5.89. The summed E-state index contributed by atoms with van der Waals surface area (Å²) in [5, 5.41) is 0. The molecule has 2 N–H and O–H groups in total. The predicted molar refractivity (Wildman–Crippen MR) is 79.4 cm³/mol. The van der Waals surface area contributed by atoms with Crippen molar-refractivity contribution in [2.45, 2.75) is 38.6 Å². The van der Waals surface area contributed by atoms with Gasteiger partial charge in [0.1, 0.15) is 0 Å². The van der Waals surface area contributed by atoms with Crippen molar-refractivity contribution >= 4 is 5.91 Å². The van der Waals surface area contributed by atoms with E-state index in [1.807, 2.05) is 0 Å². The van der Waals surface area contributed by atoms with Crippen LogP contribution in [0.25, 0.3) is 0 Å². The number of amides is 1. The van der Waals surface area contributed by atoms with Gasteiger partial charge in [-0.05, 0) is 32.2 Å². The minimum Gasteiger partial charge on any atom is -0.381 e. The molecule has 0 aliphatic carbocycles. The van der Waals surface area contributed by atoms with E-state index in [1.165, 1.54) is 0 Å². The molecular formula is C15H29N3O2. The van der Waals surface area contributed by atoms with Crippen molar-refractivity contribution in [3.63, 3.8) is 0 Å². The summed E-state index contributed by atoms with van der Waals surface area (Å²) >= 11 is 0. The number of hydrogen-bond donors (Lipinski definition) is 1. The van der Waals surface area contributed by atoms with E-state index in [0.717, 1.165) is 71.6 Å². The van der Waals surface area contributed by atoms with Crippen molar-refractivity contribution < 1.29 is 9.53 Å². The van der Waals surface area contributed by atoms with Crippen molar-refractivity contribution in [3.8, 4) is 0 Å². The molecule has 2 saturated heterocycles. The molecule has 2 heterocycles. The lowest BCUT2D eigenvalue weighted by atomic mass is 9.98. The number of rotatable bonds is 5. The van der Waals surface area contributed by atoms with Crippen molar-refractivity contribution in [3.05, 3.63) is 0 Å². The summed E-state index contributed by atoms with van der Waals surface area (Å²) in [6.45, 7) is 8.19. The summed E-state index contributed by atoms with van der Waals surface area (Å²) in [4.78, 5) is 17.0. The van der Waals surface area contributed by atoms with E-state index in [9.17, 15) is 4.79 Å². The second-order valence-corrected chi connectivity index (χ2v) is 5.89. The van der Waals surface area contributed by atoms with Crippen LogP contribution in [0, 0.1) is 5.92 Å². The Morgan fingerprint density at radius 1 is 1.25 bits per heavy atom. The Morgan fingerprint density at radius 3 is 2.45 bits per heavy atom. The maximum atomic E-state index is 12.5. The molecule has 5 heteroatoms. The topological polar surface area (TPSA) is 58.8 Å². The van der Waals surface area contributed by atoms with E-state index in [0.29, 0.717) is 11.9 Å². The molecule has 2 rings (SSSR count). The lowest BCUT2D eigenvalue weighted by Crippen LogP contribution is -2.53. The lowest BCUT2D eigenvalue weighted by molar-refractivity contribution is -0.140. The zero-order valence-corrected chi connectivity index (χ0v) is 12.7. The summed E-state index contributed by atoms with van der Waals surface area (Å²) < 4.78 is 5.34. The van der Waals surface area contributed by atoms with Gasteiger partial charge in [-0.2, -0.15) is 0 Å². The molecule has 1 amide bonds. The van der Waals surface area contributed by atoms with Crippen LogP contribution in [-0.4, -0.2) is 67.7 Å². The third-order valence-electron chi connectivity index (χ3n) is 4.68. The van der Waals surface area contributed by atoms with Gasteiger partial charge in [0.15, 0.2) is 0 Å². The first-order valence-electron chi connectivity index (χ1n) is 8.07. The van der Waals surface area contributed by atoms with Crippen LogP contribution in [0.4, 0.5) is 0 Å². The maximum Gasteiger partial charge on any atom is 0.225 e. The standard InChI is InChI=1S/C15H29N3O2/c1-2-14(3-6-16)17-7-9-18(10-8-17)15(19)13-4-11-20-12-5-13/h13-14H,2-12,16H2,1H3. The molecule has 0 aromatic rings. The molecule has 20 heavy (non-hydrogen) atoms. The molecule has 0 bridgehead atoms. The zero-order valence-electron chi connectivity index (χ0n) is 12.7. The van der Waals surface area contributed by atoms with Gasteiger partial charge in [-0.3, -0.25) is 9.69 Å². The van der Waals surface area contributed by atoms with Crippen molar-refractivity contribution in [2.24, 2.45) is 11.7 Å². The summed E-state index contributed by atoms with van der Waals surface area (Å²) in [5.41, 5.74) is 5.68. The largest absolute Gasteiger partial charge is 0.381 e. The number of ether oxygens (including phenoxy) is 1. The fourth-order valence-corrected chi connectivity index (χ4v) is 3.35. The first kappa shape index (κ1) is 15.7. The molecule has 1 unspecified atom stereocenters. The van der Waals surface area contributed by atoms with Gasteiger partial charge in [-0.15, -0.1) is 0 Å². The van der Waals surface area contributed by atoms with Gasteiger partial charge in [0.25, 0.3) is 0 Å². The normalized spacial score (nSPS) is 23.8. The van der Waals surface area contributed by atoms with E-state index in [1.54, 1.807) is 0 Å². The van der Waals surface area contributed by atoms with E-state index >= 15 is 0 Å². The molecule has 2 aliphatic rings. The third-order valence-corrected chi connectivity index (χ3v) is 4.68. The summed E-state index contributed by atoms with van der Waals surface area (Å²) in [6.07, 6.45) is 3.99. The second kappa shape index (κ2) is 7.96. The van der Waals surface area contributed by atoms with E-state index < -0.39 is 0 Å². The van der Waals surface area contributed by atoms with Crippen LogP contribution in [-0.2, 0) is 9.53 Å². The Kier molecular flexibility index (Phi) is 6.26. The number of carbonyl (C=O) groups excluding carboxylic acids is 1. The fourth-order valence-electron chi connectivity index (χ4n) is 3.35. The maximum absolute atomic E-state index is 12.5. The molecule has 0 spiro atoms. The van der Waals surface area contributed by atoms with Crippen LogP contribution in [0.1, 0.15) is 32.6 Å². The smallest absolute Gasteiger partial charge is 0.225 e. The molecule has 5 nitrogen and oxygen atoms in total. The number of piperazine rings is 1. The molecule has 0 saturated carbocycles. The number of hydrogen-bond acceptors (Lipinski definition) is 4. The molecule has 116 valence electrons. The van der Waals surface area contributed by atoms with Gasteiger partial charge in [-0.1, -0.05) is 6.92 Å². The SMILES string of the molecule is CCC(CCN)N1CCN(C(=O)C2CCOCC2)CC1.